The maximum atomic E-state index is 12.0. The molecule has 0 spiro atoms. The SMILES string of the molecule is CC(=O)c1cccc(NC(=O)C2OCCC2C)c1. The fourth-order valence-electron chi connectivity index (χ4n) is 2.06. The van der Waals surface area contributed by atoms with Crippen LogP contribution in [0.15, 0.2) is 24.3 Å². The molecular formula is C14H17NO3. The minimum Gasteiger partial charge on any atom is -0.368 e. The number of rotatable bonds is 3. The Labute approximate surface area is 106 Å². The van der Waals surface area contributed by atoms with Crippen molar-refractivity contribution in [3.8, 4) is 0 Å². The standard InChI is InChI=1S/C14H17NO3/c1-9-6-7-18-13(9)14(17)15-12-5-3-4-11(8-12)10(2)16/h3-5,8-9,13H,6-7H2,1-2H3,(H,15,17). The lowest BCUT2D eigenvalue weighted by Gasteiger charge is -2.14. The quantitative estimate of drug-likeness (QED) is 0.833. The predicted octanol–water partition coefficient (Wildman–Crippen LogP) is 2.25. The van der Waals surface area contributed by atoms with Crippen LogP contribution in [0.5, 0.6) is 0 Å². The second-order valence-corrected chi connectivity index (χ2v) is 4.68. The second-order valence-electron chi connectivity index (χ2n) is 4.68. The van der Waals surface area contributed by atoms with E-state index in [-0.39, 0.29) is 23.7 Å². The minimum absolute atomic E-state index is 0.0171. The van der Waals surface area contributed by atoms with Crippen LogP contribution in [-0.2, 0) is 9.53 Å². The predicted molar refractivity (Wildman–Crippen MR) is 68.6 cm³/mol. The Bertz CT molecular complexity index is 470. The Balaban J connectivity index is 2.07. The summed E-state index contributed by atoms with van der Waals surface area (Å²) in [6.07, 6.45) is 0.525. The third-order valence-corrected chi connectivity index (χ3v) is 3.18. The number of amides is 1. The normalized spacial score (nSPS) is 22.8. The fourth-order valence-corrected chi connectivity index (χ4v) is 2.06. The number of hydrogen-bond donors (Lipinski definition) is 1. The van der Waals surface area contributed by atoms with Crippen molar-refractivity contribution >= 4 is 17.4 Å². The fraction of sp³-hybridized carbons (Fsp3) is 0.429. The molecule has 1 N–H and O–H groups in total. The van der Waals surface area contributed by atoms with Crippen molar-refractivity contribution in [1.82, 2.24) is 0 Å². The molecule has 1 aliphatic rings. The Hall–Kier alpha value is -1.68. The van der Waals surface area contributed by atoms with Gasteiger partial charge in [-0.2, -0.15) is 0 Å². The first-order chi connectivity index (χ1) is 8.58. The Morgan fingerprint density at radius 2 is 2.17 bits per heavy atom. The van der Waals surface area contributed by atoms with Gasteiger partial charge in [0.15, 0.2) is 5.78 Å². The van der Waals surface area contributed by atoms with Crippen LogP contribution in [0.3, 0.4) is 0 Å². The molecule has 1 heterocycles. The van der Waals surface area contributed by atoms with Gasteiger partial charge in [0.25, 0.3) is 5.91 Å². The summed E-state index contributed by atoms with van der Waals surface area (Å²) in [5.74, 6) is 0.0817. The van der Waals surface area contributed by atoms with E-state index < -0.39 is 0 Å². The molecule has 0 aromatic heterocycles. The molecule has 4 nitrogen and oxygen atoms in total. The Morgan fingerprint density at radius 1 is 1.39 bits per heavy atom. The van der Waals surface area contributed by atoms with Gasteiger partial charge in [0.05, 0.1) is 0 Å². The number of ether oxygens (including phenoxy) is 1. The number of carbonyl (C=O) groups excluding carboxylic acids is 2. The molecule has 1 amide bonds. The van der Waals surface area contributed by atoms with Gasteiger partial charge in [-0.1, -0.05) is 19.1 Å². The van der Waals surface area contributed by atoms with Gasteiger partial charge in [-0.05, 0) is 31.4 Å². The lowest BCUT2D eigenvalue weighted by atomic mass is 10.0. The van der Waals surface area contributed by atoms with Gasteiger partial charge in [-0.25, -0.2) is 0 Å². The maximum Gasteiger partial charge on any atom is 0.253 e. The number of nitrogens with one attached hydrogen (secondary N) is 1. The van der Waals surface area contributed by atoms with Crippen LogP contribution in [-0.4, -0.2) is 24.4 Å². The van der Waals surface area contributed by atoms with Gasteiger partial charge in [0.1, 0.15) is 6.10 Å². The van der Waals surface area contributed by atoms with E-state index in [0.29, 0.717) is 17.9 Å². The second kappa shape index (κ2) is 5.31. The smallest absolute Gasteiger partial charge is 0.253 e. The number of benzene rings is 1. The average Bonchev–Trinajstić information content (AvgIpc) is 2.76. The van der Waals surface area contributed by atoms with Crippen molar-refractivity contribution in [2.24, 2.45) is 5.92 Å². The third kappa shape index (κ3) is 2.76. The number of ketones is 1. The van der Waals surface area contributed by atoms with Crippen LogP contribution < -0.4 is 5.32 Å². The highest BCUT2D eigenvalue weighted by Gasteiger charge is 2.30. The van der Waals surface area contributed by atoms with Gasteiger partial charge in [0, 0.05) is 17.9 Å². The molecular weight excluding hydrogens is 230 g/mol. The molecule has 1 saturated heterocycles. The largest absolute Gasteiger partial charge is 0.368 e. The molecule has 1 aromatic carbocycles. The third-order valence-electron chi connectivity index (χ3n) is 3.18. The molecule has 0 bridgehead atoms. The van der Waals surface area contributed by atoms with Gasteiger partial charge < -0.3 is 10.1 Å². The summed E-state index contributed by atoms with van der Waals surface area (Å²) in [6.45, 7) is 4.14. The average molecular weight is 247 g/mol. The minimum atomic E-state index is -0.383. The Morgan fingerprint density at radius 3 is 2.78 bits per heavy atom. The van der Waals surface area contributed by atoms with E-state index in [1.54, 1.807) is 24.3 Å². The van der Waals surface area contributed by atoms with Gasteiger partial charge >= 0.3 is 0 Å². The molecule has 1 aromatic rings. The first kappa shape index (κ1) is 12.8. The van der Waals surface area contributed by atoms with Gasteiger partial charge in [-0.3, -0.25) is 9.59 Å². The van der Waals surface area contributed by atoms with Crippen LogP contribution in [0, 0.1) is 5.92 Å². The molecule has 18 heavy (non-hydrogen) atoms. The molecule has 96 valence electrons. The zero-order valence-electron chi connectivity index (χ0n) is 10.6. The van der Waals surface area contributed by atoms with E-state index in [4.69, 9.17) is 4.74 Å². The van der Waals surface area contributed by atoms with Crippen LogP contribution in [0.25, 0.3) is 0 Å². The monoisotopic (exact) mass is 247 g/mol. The highest BCUT2D eigenvalue weighted by atomic mass is 16.5. The van der Waals surface area contributed by atoms with E-state index in [9.17, 15) is 9.59 Å². The van der Waals surface area contributed by atoms with Crippen LogP contribution in [0.1, 0.15) is 30.6 Å². The molecule has 0 aliphatic carbocycles. The van der Waals surface area contributed by atoms with Crippen LogP contribution in [0.4, 0.5) is 5.69 Å². The number of anilines is 1. The van der Waals surface area contributed by atoms with Crippen LogP contribution >= 0.6 is 0 Å². The lowest BCUT2D eigenvalue weighted by molar-refractivity contribution is -0.126. The molecule has 0 radical (unpaired) electrons. The first-order valence-electron chi connectivity index (χ1n) is 6.11. The van der Waals surface area contributed by atoms with E-state index in [1.165, 1.54) is 6.92 Å². The topological polar surface area (TPSA) is 55.4 Å². The van der Waals surface area contributed by atoms with E-state index in [0.717, 1.165) is 6.42 Å². The van der Waals surface area contributed by atoms with Crippen molar-refractivity contribution < 1.29 is 14.3 Å². The molecule has 0 saturated carbocycles. The summed E-state index contributed by atoms with van der Waals surface area (Å²) in [6, 6.07) is 6.93. The number of carbonyl (C=O) groups is 2. The molecule has 2 rings (SSSR count). The molecule has 2 atom stereocenters. The number of Topliss-reactive ketones (excluding diaryl/α,β-unsaturated/α-hetero) is 1. The van der Waals surface area contributed by atoms with Crippen molar-refractivity contribution in [3.63, 3.8) is 0 Å². The zero-order valence-corrected chi connectivity index (χ0v) is 10.6. The summed E-state index contributed by atoms with van der Waals surface area (Å²) >= 11 is 0. The van der Waals surface area contributed by atoms with E-state index in [2.05, 4.69) is 5.32 Å². The Kier molecular flexibility index (Phi) is 3.77. The summed E-state index contributed by atoms with van der Waals surface area (Å²) in [5, 5.41) is 2.79. The van der Waals surface area contributed by atoms with Crippen molar-refractivity contribution in [1.29, 1.82) is 0 Å². The first-order valence-corrected chi connectivity index (χ1v) is 6.11. The summed E-state index contributed by atoms with van der Waals surface area (Å²) < 4.78 is 5.40. The summed E-state index contributed by atoms with van der Waals surface area (Å²) in [7, 11) is 0. The summed E-state index contributed by atoms with van der Waals surface area (Å²) in [4.78, 5) is 23.2. The molecule has 1 aliphatic heterocycles. The highest BCUT2D eigenvalue weighted by molar-refractivity contribution is 5.98. The van der Waals surface area contributed by atoms with Gasteiger partial charge in [-0.15, -0.1) is 0 Å². The highest BCUT2D eigenvalue weighted by Crippen LogP contribution is 2.21. The zero-order chi connectivity index (χ0) is 13.1. The van der Waals surface area contributed by atoms with Crippen LogP contribution in [0.2, 0.25) is 0 Å². The number of hydrogen-bond acceptors (Lipinski definition) is 3. The van der Waals surface area contributed by atoms with E-state index in [1.807, 2.05) is 6.92 Å². The van der Waals surface area contributed by atoms with Crippen molar-refractivity contribution in [2.75, 3.05) is 11.9 Å². The molecule has 1 fully saturated rings. The lowest BCUT2D eigenvalue weighted by Crippen LogP contribution is -2.31. The van der Waals surface area contributed by atoms with Crippen molar-refractivity contribution in [3.05, 3.63) is 29.8 Å². The maximum absolute atomic E-state index is 12.0. The van der Waals surface area contributed by atoms with Crippen molar-refractivity contribution in [2.45, 2.75) is 26.4 Å². The van der Waals surface area contributed by atoms with E-state index >= 15 is 0 Å². The summed E-state index contributed by atoms with van der Waals surface area (Å²) in [5.41, 5.74) is 1.23. The van der Waals surface area contributed by atoms with Gasteiger partial charge in [0.2, 0.25) is 0 Å². The molecule has 2 unspecified atom stereocenters. The molecule has 4 heteroatoms.